The molecule has 0 aliphatic carbocycles. The van der Waals surface area contributed by atoms with Gasteiger partial charge in [-0.1, -0.05) is 0 Å². The van der Waals surface area contributed by atoms with E-state index < -0.39 is 15.9 Å². The van der Waals surface area contributed by atoms with Crippen LogP contribution in [-0.4, -0.2) is 56.3 Å². The van der Waals surface area contributed by atoms with Crippen molar-refractivity contribution in [3.63, 3.8) is 0 Å². The van der Waals surface area contributed by atoms with Crippen LogP contribution in [0.1, 0.15) is 10.4 Å². The summed E-state index contributed by atoms with van der Waals surface area (Å²) in [7, 11) is -2.29. The number of nitrogens with one attached hydrogen (secondary N) is 2. The maximum absolute atomic E-state index is 12.6. The second-order valence-electron chi connectivity index (χ2n) is 5.76. The highest BCUT2D eigenvalue weighted by Gasteiger charge is 2.29. The molecule has 0 spiro atoms. The Morgan fingerprint density at radius 3 is 2.56 bits per heavy atom. The Morgan fingerprint density at radius 1 is 1.22 bits per heavy atom. The summed E-state index contributed by atoms with van der Waals surface area (Å²) in [6.45, 7) is 0.268. The molecule has 27 heavy (non-hydrogen) atoms. The highest BCUT2D eigenvalue weighted by Crippen LogP contribution is 2.18. The molecule has 1 aliphatic heterocycles. The van der Waals surface area contributed by atoms with E-state index in [1.165, 1.54) is 37.6 Å². The monoisotopic (exact) mass is 390 g/mol. The molecule has 1 fully saturated rings. The molecule has 2 N–H and O–H groups in total. The number of carbonyl (C=O) groups excluding carboxylic acids is 2. The van der Waals surface area contributed by atoms with E-state index in [1.807, 2.05) is 0 Å². The predicted octanol–water partition coefficient (Wildman–Crippen LogP) is 0.463. The maximum atomic E-state index is 12.6. The van der Waals surface area contributed by atoms with Crippen molar-refractivity contribution < 1.29 is 22.7 Å². The van der Waals surface area contributed by atoms with E-state index in [2.05, 4.69) is 15.6 Å². The van der Waals surface area contributed by atoms with Crippen LogP contribution in [0.4, 0.5) is 5.69 Å². The third-order valence-electron chi connectivity index (χ3n) is 3.96. The number of amides is 2. The van der Waals surface area contributed by atoms with Crippen LogP contribution >= 0.6 is 0 Å². The quantitative estimate of drug-likeness (QED) is 0.766. The molecule has 2 heterocycles. The fraction of sp³-hybridized carbons (Fsp3) is 0.235. The fourth-order valence-corrected chi connectivity index (χ4v) is 3.92. The zero-order chi connectivity index (χ0) is 19.4. The number of hydrogen-bond donors (Lipinski definition) is 2. The minimum Gasteiger partial charge on any atom is -0.481 e. The Bertz CT molecular complexity index is 942. The van der Waals surface area contributed by atoms with Gasteiger partial charge in [0.05, 0.1) is 30.4 Å². The molecule has 1 saturated heterocycles. The number of pyridine rings is 1. The summed E-state index contributed by atoms with van der Waals surface area (Å²) in [5.41, 5.74) is 0.776. The summed E-state index contributed by atoms with van der Waals surface area (Å²) in [6, 6.07) is 8.79. The number of benzene rings is 1. The summed E-state index contributed by atoms with van der Waals surface area (Å²) < 4.78 is 31.2. The molecule has 1 aliphatic rings. The van der Waals surface area contributed by atoms with E-state index in [0.29, 0.717) is 17.1 Å². The highest BCUT2D eigenvalue weighted by atomic mass is 32.2. The molecular weight excluding hydrogens is 372 g/mol. The number of aromatic nitrogens is 1. The van der Waals surface area contributed by atoms with Gasteiger partial charge in [0.15, 0.2) is 0 Å². The average molecular weight is 390 g/mol. The molecule has 0 bridgehead atoms. The van der Waals surface area contributed by atoms with Crippen molar-refractivity contribution >= 4 is 27.5 Å². The number of anilines is 1. The first-order valence-corrected chi connectivity index (χ1v) is 9.52. The lowest BCUT2D eigenvalue weighted by Gasteiger charge is -2.25. The summed E-state index contributed by atoms with van der Waals surface area (Å²) >= 11 is 0. The van der Waals surface area contributed by atoms with E-state index in [0.717, 1.165) is 4.31 Å². The summed E-state index contributed by atoms with van der Waals surface area (Å²) in [5.74, 6) is -0.314. The van der Waals surface area contributed by atoms with Gasteiger partial charge in [0.2, 0.25) is 21.8 Å². The van der Waals surface area contributed by atoms with Crippen molar-refractivity contribution in [3.05, 3.63) is 48.2 Å². The first-order chi connectivity index (χ1) is 12.9. The van der Waals surface area contributed by atoms with Crippen molar-refractivity contribution in [2.75, 3.05) is 32.1 Å². The lowest BCUT2D eigenvalue weighted by Crippen LogP contribution is -2.49. The largest absolute Gasteiger partial charge is 0.481 e. The average Bonchev–Trinajstić information content (AvgIpc) is 2.68. The number of nitrogens with zero attached hydrogens (tertiary/aromatic N) is 2. The molecule has 1 aromatic heterocycles. The van der Waals surface area contributed by atoms with Crippen LogP contribution in [0.5, 0.6) is 5.88 Å². The third kappa shape index (κ3) is 4.23. The molecule has 2 amide bonds. The predicted molar refractivity (Wildman–Crippen MR) is 97.0 cm³/mol. The van der Waals surface area contributed by atoms with Gasteiger partial charge in [-0.3, -0.25) is 9.59 Å². The van der Waals surface area contributed by atoms with Gasteiger partial charge in [0.1, 0.15) is 0 Å². The zero-order valence-electron chi connectivity index (χ0n) is 14.5. The van der Waals surface area contributed by atoms with Crippen molar-refractivity contribution in [3.8, 4) is 5.88 Å². The molecule has 142 valence electrons. The van der Waals surface area contributed by atoms with Gasteiger partial charge in [0, 0.05) is 24.7 Å². The molecule has 1 aromatic carbocycles. The number of sulfonamides is 1. The summed E-state index contributed by atoms with van der Waals surface area (Å²) in [6.07, 6.45) is 1.46. The smallest absolute Gasteiger partial charge is 0.255 e. The van der Waals surface area contributed by atoms with Crippen molar-refractivity contribution in [2.45, 2.75) is 4.90 Å². The molecule has 0 saturated carbocycles. The second-order valence-corrected chi connectivity index (χ2v) is 7.69. The summed E-state index contributed by atoms with van der Waals surface area (Å²) in [5, 5.41) is 5.25. The Morgan fingerprint density at radius 2 is 1.96 bits per heavy atom. The van der Waals surface area contributed by atoms with Crippen molar-refractivity contribution in [1.82, 2.24) is 14.6 Å². The van der Waals surface area contributed by atoms with Gasteiger partial charge in [-0.15, -0.1) is 0 Å². The van der Waals surface area contributed by atoms with Crippen molar-refractivity contribution in [2.24, 2.45) is 0 Å². The molecule has 2 aromatic rings. The Balaban J connectivity index is 1.72. The van der Waals surface area contributed by atoms with Gasteiger partial charge in [0.25, 0.3) is 5.91 Å². The minimum atomic E-state index is -3.79. The third-order valence-corrected chi connectivity index (χ3v) is 5.82. The van der Waals surface area contributed by atoms with E-state index in [-0.39, 0.29) is 30.4 Å². The van der Waals surface area contributed by atoms with E-state index in [4.69, 9.17) is 4.74 Å². The first-order valence-electron chi connectivity index (χ1n) is 8.08. The molecule has 3 rings (SSSR count). The van der Waals surface area contributed by atoms with Crippen LogP contribution in [0.2, 0.25) is 0 Å². The minimum absolute atomic E-state index is 0.0277. The molecule has 0 atom stereocenters. The first kappa shape index (κ1) is 18.8. The Labute approximate surface area is 156 Å². The van der Waals surface area contributed by atoms with Gasteiger partial charge in [-0.25, -0.2) is 13.4 Å². The van der Waals surface area contributed by atoms with Crippen LogP contribution in [-0.2, 0) is 14.8 Å². The number of carbonyl (C=O) groups is 2. The molecular formula is C17H18N4O5S. The molecule has 10 heteroatoms. The van der Waals surface area contributed by atoms with E-state index in [1.54, 1.807) is 12.1 Å². The van der Waals surface area contributed by atoms with Crippen LogP contribution in [0.3, 0.4) is 0 Å². The number of rotatable bonds is 5. The van der Waals surface area contributed by atoms with Crippen LogP contribution in [0.25, 0.3) is 0 Å². The Hall–Kier alpha value is -2.98. The maximum Gasteiger partial charge on any atom is 0.255 e. The number of piperazine rings is 1. The molecule has 0 unspecified atom stereocenters. The lowest BCUT2D eigenvalue weighted by atomic mass is 10.2. The highest BCUT2D eigenvalue weighted by molar-refractivity contribution is 7.89. The van der Waals surface area contributed by atoms with Gasteiger partial charge >= 0.3 is 0 Å². The van der Waals surface area contributed by atoms with Crippen LogP contribution < -0.4 is 15.4 Å². The standard InChI is InChI=1S/C17H18N4O5S/c1-26-16-7-4-13(10-19-16)20-17(23)12-2-5-14(6-3-12)27(24,25)21-9-8-18-15(22)11-21/h2-7,10H,8-9,11H2,1H3,(H,18,22)(H,20,23). The second kappa shape index (κ2) is 7.72. The zero-order valence-corrected chi connectivity index (χ0v) is 15.3. The number of hydrogen-bond acceptors (Lipinski definition) is 6. The summed E-state index contributed by atoms with van der Waals surface area (Å²) in [4.78, 5) is 27.7. The van der Waals surface area contributed by atoms with Crippen molar-refractivity contribution in [1.29, 1.82) is 0 Å². The normalized spacial score (nSPS) is 15.1. The topological polar surface area (TPSA) is 118 Å². The molecule has 9 nitrogen and oxygen atoms in total. The van der Waals surface area contributed by atoms with E-state index in [9.17, 15) is 18.0 Å². The SMILES string of the molecule is COc1ccc(NC(=O)c2ccc(S(=O)(=O)N3CCNC(=O)C3)cc2)cn1. The fourth-order valence-electron chi connectivity index (χ4n) is 2.53. The van der Waals surface area contributed by atoms with Gasteiger partial charge in [-0.2, -0.15) is 4.31 Å². The number of methoxy groups -OCH3 is 1. The Kier molecular flexibility index (Phi) is 5.38. The number of ether oxygens (including phenoxy) is 1. The lowest BCUT2D eigenvalue weighted by molar-refractivity contribution is -0.122. The van der Waals surface area contributed by atoms with E-state index >= 15 is 0 Å². The van der Waals surface area contributed by atoms with Gasteiger partial charge in [-0.05, 0) is 30.3 Å². The van der Waals surface area contributed by atoms with Crippen LogP contribution in [0, 0.1) is 0 Å². The molecule has 0 radical (unpaired) electrons. The van der Waals surface area contributed by atoms with Crippen LogP contribution in [0.15, 0.2) is 47.5 Å². The van der Waals surface area contributed by atoms with Gasteiger partial charge < -0.3 is 15.4 Å².